The third-order valence-corrected chi connectivity index (χ3v) is 6.68. The van der Waals surface area contributed by atoms with Crippen molar-refractivity contribution in [2.24, 2.45) is 11.8 Å². The molecule has 0 spiro atoms. The molecule has 0 radical (unpaired) electrons. The molecule has 1 heterocycles. The van der Waals surface area contributed by atoms with Gasteiger partial charge in [-0.1, -0.05) is 105 Å². The van der Waals surface area contributed by atoms with Crippen LogP contribution in [0.1, 0.15) is 42.6 Å². The highest BCUT2D eigenvalue weighted by Gasteiger charge is 2.53. The van der Waals surface area contributed by atoms with Gasteiger partial charge < -0.3 is 5.11 Å². The standard InChI is InChI=1S/C28H29NO/c1-21-26(24-15-9-5-10-16-24)29(3)27(25-17-11-6-12-18-25)22(2)28(21,30)20-19-23-13-7-4-8-14-23/h4-18,21-22,26-27,30H,1-3H3/t21-,22-,26-,27+,28?/m1/s1. The SMILES string of the molecule is C[C@@H]1[C@@H](c2ccccc2)N(C)[C@@H](c2ccccc2)[C@@H](C)C1(O)C#Cc1ccccc1. The van der Waals surface area contributed by atoms with Crippen molar-refractivity contribution in [3.05, 3.63) is 108 Å². The van der Waals surface area contributed by atoms with E-state index in [-0.39, 0.29) is 23.9 Å². The maximum Gasteiger partial charge on any atom is 0.134 e. The lowest BCUT2D eigenvalue weighted by Gasteiger charge is -2.54. The molecule has 1 aliphatic rings. The van der Waals surface area contributed by atoms with Crippen LogP contribution in [0.3, 0.4) is 0 Å². The number of benzene rings is 3. The van der Waals surface area contributed by atoms with Crippen LogP contribution in [0.5, 0.6) is 0 Å². The molecule has 3 aromatic rings. The van der Waals surface area contributed by atoms with E-state index in [2.05, 4.69) is 86.2 Å². The van der Waals surface area contributed by atoms with E-state index in [0.717, 1.165) is 5.56 Å². The number of hydrogen-bond donors (Lipinski definition) is 1. The van der Waals surface area contributed by atoms with Crippen molar-refractivity contribution in [2.45, 2.75) is 31.5 Å². The Morgan fingerprint density at radius 2 is 1.10 bits per heavy atom. The summed E-state index contributed by atoms with van der Waals surface area (Å²) in [6.07, 6.45) is 0. The lowest BCUT2D eigenvalue weighted by atomic mass is 9.65. The molecule has 0 aliphatic carbocycles. The fourth-order valence-corrected chi connectivity index (χ4v) is 5.04. The third kappa shape index (κ3) is 3.67. The Balaban J connectivity index is 1.83. The topological polar surface area (TPSA) is 23.5 Å². The molecule has 152 valence electrons. The van der Waals surface area contributed by atoms with Gasteiger partial charge in [0.15, 0.2) is 0 Å². The van der Waals surface area contributed by atoms with Crippen molar-refractivity contribution in [2.75, 3.05) is 7.05 Å². The van der Waals surface area contributed by atoms with Crippen LogP contribution in [0.2, 0.25) is 0 Å². The molecule has 1 aliphatic heterocycles. The summed E-state index contributed by atoms with van der Waals surface area (Å²) in [7, 11) is 2.17. The molecule has 0 bridgehead atoms. The fraction of sp³-hybridized carbons (Fsp3) is 0.286. The number of likely N-dealkylation sites (tertiary alicyclic amines) is 1. The van der Waals surface area contributed by atoms with E-state index in [1.54, 1.807) is 0 Å². The zero-order valence-corrected chi connectivity index (χ0v) is 17.9. The molecular formula is C28H29NO. The van der Waals surface area contributed by atoms with Gasteiger partial charge >= 0.3 is 0 Å². The third-order valence-electron chi connectivity index (χ3n) is 6.68. The van der Waals surface area contributed by atoms with E-state index in [4.69, 9.17) is 0 Å². The summed E-state index contributed by atoms with van der Waals surface area (Å²) in [5, 5.41) is 12.1. The van der Waals surface area contributed by atoms with Gasteiger partial charge in [-0.05, 0) is 30.3 Å². The zero-order chi connectivity index (χ0) is 21.1. The second-order valence-corrected chi connectivity index (χ2v) is 8.40. The quantitative estimate of drug-likeness (QED) is 0.582. The Bertz CT molecular complexity index is 966. The highest BCUT2D eigenvalue weighted by molar-refractivity contribution is 5.39. The minimum absolute atomic E-state index is 0.0580. The highest BCUT2D eigenvalue weighted by atomic mass is 16.3. The lowest BCUT2D eigenvalue weighted by Crippen LogP contribution is -2.57. The first kappa shape index (κ1) is 20.4. The first-order chi connectivity index (χ1) is 14.5. The lowest BCUT2D eigenvalue weighted by molar-refractivity contribution is -0.119. The van der Waals surface area contributed by atoms with Crippen LogP contribution in [-0.4, -0.2) is 22.7 Å². The van der Waals surface area contributed by atoms with Crippen LogP contribution in [0.15, 0.2) is 91.0 Å². The molecule has 0 saturated carbocycles. The summed E-state index contributed by atoms with van der Waals surface area (Å²) in [6.45, 7) is 4.26. The molecule has 3 aromatic carbocycles. The number of piperidine rings is 1. The monoisotopic (exact) mass is 395 g/mol. The van der Waals surface area contributed by atoms with Crippen molar-refractivity contribution in [3.63, 3.8) is 0 Å². The zero-order valence-electron chi connectivity index (χ0n) is 17.9. The van der Waals surface area contributed by atoms with Crippen LogP contribution in [0, 0.1) is 23.7 Å². The van der Waals surface area contributed by atoms with E-state index in [1.165, 1.54) is 11.1 Å². The Morgan fingerprint density at radius 1 is 0.700 bits per heavy atom. The minimum atomic E-state index is -1.12. The molecule has 1 N–H and O–H groups in total. The molecule has 30 heavy (non-hydrogen) atoms. The van der Waals surface area contributed by atoms with Gasteiger partial charge in [0, 0.05) is 29.5 Å². The van der Waals surface area contributed by atoms with Gasteiger partial charge in [-0.25, -0.2) is 0 Å². The van der Waals surface area contributed by atoms with Crippen molar-refractivity contribution >= 4 is 0 Å². The Hall–Kier alpha value is -2.86. The van der Waals surface area contributed by atoms with Crippen molar-refractivity contribution in [1.82, 2.24) is 4.90 Å². The Kier molecular flexibility index (Phi) is 5.77. The van der Waals surface area contributed by atoms with Gasteiger partial charge in [-0.15, -0.1) is 0 Å². The van der Waals surface area contributed by atoms with Crippen LogP contribution in [-0.2, 0) is 0 Å². The highest BCUT2D eigenvalue weighted by Crippen LogP contribution is 2.51. The minimum Gasteiger partial charge on any atom is -0.377 e. The Morgan fingerprint density at radius 3 is 1.53 bits per heavy atom. The smallest absolute Gasteiger partial charge is 0.134 e. The predicted molar refractivity (Wildman–Crippen MR) is 123 cm³/mol. The normalized spacial score (nSPS) is 29.1. The van der Waals surface area contributed by atoms with E-state index >= 15 is 0 Å². The van der Waals surface area contributed by atoms with Crippen molar-refractivity contribution in [1.29, 1.82) is 0 Å². The van der Waals surface area contributed by atoms with Gasteiger partial charge in [0.05, 0.1) is 0 Å². The summed E-state index contributed by atoms with van der Waals surface area (Å²) in [5.74, 6) is 6.45. The molecule has 4 rings (SSSR count). The van der Waals surface area contributed by atoms with E-state index in [1.807, 2.05) is 42.5 Å². The number of hydrogen-bond acceptors (Lipinski definition) is 2. The summed E-state index contributed by atoms with van der Waals surface area (Å²) in [4.78, 5) is 2.42. The van der Waals surface area contributed by atoms with Gasteiger partial charge in [-0.2, -0.15) is 0 Å². The maximum atomic E-state index is 12.1. The van der Waals surface area contributed by atoms with Gasteiger partial charge in [0.1, 0.15) is 5.60 Å². The van der Waals surface area contributed by atoms with E-state index in [0.29, 0.717) is 0 Å². The average Bonchev–Trinajstić information content (AvgIpc) is 2.79. The molecule has 5 atom stereocenters. The van der Waals surface area contributed by atoms with Gasteiger partial charge in [-0.3, -0.25) is 4.90 Å². The van der Waals surface area contributed by atoms with Gasteiger partial charge in [0.25, 0.3) is 0 Å². The molecule has 0 aromatic heterocycles. The first-order valence-electron chi connectivity index (χ1n) is 10.6. The number of nitrogens with zero attached hydrogens (tertiary/aromatic N) is 1. The number of rotatable bonds is 2. The molecule has 0 amide bonds. The fourth-order valence-electron chi connectivity index (χ4n) is 5.04. The van der Waals surface area contributed by atoms with Crippen LogP contribution in [0.25, 0.3) is 0 Å². The average molecular weight is 396 g/mol. The van der Waals surface area contributed by atoms with E-state index in [9.17, 15) is 5.11 Å². The van der Waals surface area contributed by atoms with Gasteiger partial charge in [0.2, 0.25) is 0 Å². The summed E-state index contributed by atoms with van der Waals surface area (Å²) in [5.41, 5.74) is 2.22. The van der Waals surface area contributed by atoms with Crippen molar-refractivity contribution < 1.29 is 5.11 Å². The van der Waals surface area contributed by atoms with Crippen molar-refractivity contribution in [3.8, 4) is 11.8 Å². The second-order valence-electron chi connectivity index (χ2n) is 8.40. The molecule has 2 heteroatoms. The van der Waals surface area contributed by atoms with Crippen LogP contribution in [0.4, 0.5) is 0 Å². The molecule has 2 nitrogen and oxygen atoms in total. The van der Waals surface area contributed by atoms with Crippen LogP contribution >= 0.6 is 0 Å². The molecule has 1 saturated heterocycles. The summed E-state index contributed by atoms with van der Waals surface area (Å²) >= 11 is 0. The molecule has 1 unspecified atom stereocenters. The number of aliphatic hydroxyl groups is 1. The second kappa shape index (κ2) is 8.48. The Labute approximate surface area is 180 Å². The molecule has 1 fully saturated rings. The van der Waals surface area contributed by atoms with Crippen LogP contribution < -0.4 is 0 Å². The molecular weight excluding hydrogens is 366 g/mol. The summed E-state index contributed by atoms with van der Waals surface area (Å²) < 4.78 is 0. The first-order valence-corrected chi connectivity index (χ1v) is 10.6. The summed E-state index contributed by atoms with van der Waals surface area (Å²) in [6, 6.07) is 31.0. The predicted octanol–water partition coefficient (Wildman–Crippen LogP) is 5.47. The largest absolute Gasteiger partial charge is 0.377 e. The maximum absolute atomic E-state index is 12.1. The van der Waals surface area contributed by atoms with E-state index < -0.39 is 5.60 Å².